The van der Waals surface area contributed by atoms with Crippen LogP contribution in [0, 0.1) is 0 Å². The molecule has 3 heterocycles. The number of carbonyl (C=O) groups excluding carboxylic acids is 1. The molecule has 0 saturated heterocycles. The van der Waals surface area contributed by atoms with Crippen molar-refractivity contribution in [3.63, 3.8) is 0 Å². The highest BCUT2D eigenvalue weighted by Gasteiger charge is 2.12. The van der Waals surface area contributed by atoms with Crippen LogP contribution in [0.4, 0.5) is 0 Å². The molecule has 26 heavy (non-hydrogen) atoms. The highest BCUT2D eigenvalue weighted by atomic mass is 16.5. The van der Waals surface area contributed by atoms with Gasteiger partial charge in [-0.15, -0.1) is 0 Å². The number of aromatic nitrogens is 4. The molecule has 0 aliphatic rings. The molecule has 128 valence electrons. The first-order valence-electron chi connectivity index (χ1n) is 7.97. The van der Waals surface area contributed by atoms with Crippen molar-refractivity contribution < 1.29 is 9.53 Å². The fourth-order valence-electron chi connectivity index (χ4n) is 2.77. The van der Waals surface area contributed by atoms with E-state index in [0.29, 0.717) is 17.0 Å². The minimum Gasteiger partial charge on any atom is -0.487 e. The predicted octanol–water partition coefficient (Wildman–Crippen LogP) is 2.70. The zero-order valence-electron chi connectivity index (χ0n) is 13.7. The van der Waals surface area contributed by atoms with Crippen LogP contribution in [-0.2, 0) is 6.61 Å². The van der Waals surface area contributed by atoms with E-state index in [-0.39, 0.29) is 6.61 Å². The number of H-pyrrole nitrogens is 1. The number of nitrogens with zero attached hydrogens (tertiary/aromatic N) is 3. The number of fused-ring (bicyclic) bond motifs is 1. The second-order valence-electron chi connectivity index (χ2n) is 5.68. The molecule has 0 bridgehead atoms. The Bertz CT molecular complexity index is 1080. The van der Waals surface area contributed by atoms with Crippen molar-refractivity contribution in [3.8, 4) is 16.9 Å². The molecule has 0 unspecified atom stereocenters. The summed E-state index contributed by atoms with van der Waals surface area (Å²) in [4.78, 5) is 20.2. The van der Waals surface area contributed by atoms with Gasteiger partial charge in [-0.2, -0.15) is 5.10 Å². The Balaban J connectivity index is 1.73. The molecule has 0 aliphatic carbocycles. The van der Waals surface area contributed by atoms with E-state index in [1.807, 2.05) is 24.3 Å². The Hall–Kier alpha value is -3.74. The maximum Gasteiger partial charge on any atom is 0.250 e. The highest BCUT2D eigenvalue weighted by Crippen LogP contribution is 2.31. The smallest absolute Gasteiger partial charge is 0.250 e. The molecule has 0 aliphatic heterocycles. The summed E-state index contributed by atoms with van der Waals surface area (Å²) in [6.07, 6.45) is 6.87. The maximum atomic E-state index is 11.6. The number of nitrogens with two attached hydrogens (primary N) is 1. The minimum absolute atomic E-state index is 0.123. The van der Waals surface area contributed by atoms with Crippen LogP contribution in [0.2, 0.25) is 0 Å². The zero-order chi connectivity index (χ0) is 17.9. The van der Waals surface area contributed by atoms with Crippen LogP contribution in [0.1, 0.15) is 16.1 Å². The second-order valence-corrected chi connectivity index (χ2v) is 5.68. The maximum absolute atomic E-state index is 11.6. The number of carbonyl (C=O) groups is 1. The second kappa shape index (κ2) is 6.64. The highest BCUT2D eigenvalue weighted by molar-refractivity contribution is 5.94. The molecular weight excluding hydrogens is 330 g/mol. The van der Waals surface area contributed by atoms with Gasteiger partial charge in [0.25, 0.3) is 5.91 Å². The van der Waals surface area contributed by atoms with Gasteiger partial charge in [-0.3, -0.25) is 19.9 Å². The van der Waals surface area contributed by atoms with Crippen LogP contribution in [0.15, 0.2) is 61.2 Å². The van der Waals surface area contributed by atoms with Gasteiger partial charge in [-0.05, 0) is 42.0 Å². The summed E-state index contributed by atoms with van der Waals surface area (Å²) in [6, 6.07) is 11.0. The molecule has 7 nitrogen and oxygen atoms in total. The van der Waals surface area contributed by atoms with Crippen LogP contribution in [-0.4, -0.2) is 26.1 Å². The first kappa shape index (κ1) is 15.8. The van der Waals surface area contributed by atoms with Gasteiger partial charge in [-0.1, -0.05) is 0 Å². The lowest BCUT2D eigenvalue weighted by Crippen LogP contribution is -2.15. The minimum atomic E-state index is -0.532. The van der Waals surface area contributed by atoms with Crippen molar-refractivity contribution in [1.29, 1.82) is 0 Å². The molecular formula is C19H15N5O2. The molecule has 7 heteroatoms. The number of primary amides is 1. The SMILES string of the molecule is NC(=O)c1cccnc1COc1cc(-c2cn[nH]c2)cc2ncccc12. The molecule has 1 amide bonds. The first-order valence-corrected chi connectivity index (χ1v) is 7.97. The van der Waals surface area contributed by atoms with Crippen molar-refractivity contribution in [2.45, 2.75) is 6.61 Å². The monoisotopic (exact) mass is 345 g/mol. The molecule has 0 saturated carbocycles. The summed E-state index contributed by atoms with van der Waals surface area (Å²) in [7, 11) is 0. The number of nitrogens with one attached hydrogen (secondary N) is 1. The summed E-state index contributed by atoms with van der Waals surface area (Å²) in [5, 5.41) is 7.66. The van der Waals surface area contributed by atoms with Crippen LogP contribution >= 0.6 is 0 Å². The summed E-state index contributed by atoms with van der Waals surface area (Å²) in [5.41, 5.74) is 8.91. The van der Waals surface area contributed by atoms with Crippen LogP contribution in [0.3, 0.4) is 0 Å². The number of hydrogen-bond acceptors (Lipinski definition) is 5. The number of ether oxygens (including phenoxy) is 1. The molecule has 0 atom stereocenters. The quantitative estimate of drug-likeness (QED) is 0.578. The van der Waals surface area contributed by atoms with Crippen molar-refractivity contribution >= 4 is 16.8 Å². The molecule has 0 fully saturated rings. The van der Waals surface area contributed by atoms with E-state index in [1.165, 1.54) is 0 Å². The molecule has 1 aromatic carbocycles. The lowest BCUT2D eigenvalue weighted by atomic mass is 10.1. The summed E-state index contributed by atoms with van der Waals surface area (Å²) in [5.74, 6) is 0.114. The largest absolute Gasteiger partial charge is 0.487 e. The standard InChI is InChI=1S/C19H15N5O2/c20-19(25)15-4-2-6-22-17(15)11-26-18-8-12(13-9-23-24-10-13)7-16-14(18)3-1-5-21-16/h1-10H,11H2,(H2,20,25)(H,23,24). The lowest BCUT2D eigenvalue weighted by Gasteiger charge is -2.12. The Kier molecular flexibility index (Phi) is 4.03. The fourth-order valence-corrected chi connectivity index (χ4v) is 2.77. The summed E-state index contributed by atoms with van der Waals surface area (Å²) >= 11 is 0. The Morgan fingerprint density at radius 2 is 1.96 bits per heavy atom. The molecule has 0 radical (unpaired) electrons. The van der Waals surface area contributed by atoms with E-state index in [2.05, 4.69) is 20.2 Å². The van der Waals surface area contributed by atoms with Gasteiger partial charge in [0.1, 0.15) is 12.4 Å². The Labute approximate surface area is 148 Å². The van der Waals surface area contributed by atoms with Crippen molar-refractivity contribution in [1.82, 2.24) is 20.2 Å². The molecule has 4 aromatic rings. The van der Waals surface area contributed by atoms with Crippen molar-refractivity contribution in [2.24, 2.45) is 5.73 Å². The van der Waals surface area contributed by atoms with Gasteiger partial charge in [0.15, 0.2) is 0 Å². The van der Waals surface area contributed by atoms with E-state index < -0.39 is 5.91 Å². The van der Waals surface area contributed by atoms with E-state index in [1.54, 1.807) is 36.9 Å². The van der Waals surface area contributed by atoms with Gasteiger partial charge in [0, 0.05) is 29.5 Å². The van der Waals surface area contributed by atoms with E-state index >= 15 is 0 Å². The van der Waals surface area contributed by atoms with E-state index in [0.717, 1.165) is 22.0 Å². The van der Waals surface area contributed by atoms with Gasteiger partial charge in [0.2, 0.25) is 0 Å². The van der Waals surface area contributed by atoms with Gasteiger partial charge in [0.05, 0.1) is 23.0 Å². The molecule has 3 aromatic heterocycles. The first-order chi connectivity index (χ1) is 12.7. The number of hydrogen-bond donors (Lipinski definition) is 2. The number of amides is 1. The van der Waals surface area contributed by atoms with Gasteiger partial charge in [-0.25, -0.2) is 0 Å². The van der Waals surface area contributed by atoms with Gasteiger partial charge < -0.3 is 10.5 Å². The lowest BCUT2D eigenvalue weighted by molar-refractivity contribution is 0.0997. The van der Waals surface area contributed by atoms with Gasteiger partial charge >= 0.3 is 0 Å². The predicted molar refractivity (Wildman–Crippen MR) is 96.4 cm³/mol. The third-order valence-corrected chi connectivity index (χ3v) is 4.03. The zero-order valence-corrected chi connectivity index (χ0v) is 13.7. The van der Waals surface area contributed by atoms with E-state index in [9.17, 15) is 4.79 Å². The Morgan fingerprint density at radius 3 is 2.77 bits per heavy atom. The summed E-state index contributed by atoms with van der Waals surface area (Å²) in [6.45, 7) is 0.123. The van der Waals surface area contributed by atoms with Crippen molar-refractivity contribution in [2.75, 3.05) is 0 Å². The summed E-state index contributed by atoms with van der Waals surface area (Å²) < 4.78 is 5.99. The third-order valence-electron chi connectivity index (χ3n) is 4.03. The molecule has 4 rings (SSSR count). The van der Waals surface area contributed by atoms with Crippen LogP contribution < -0.4 is 10.5 Å². The number of rotatable bonds is 5. The van der Waals surface area contributed by atoms with Crippen molar-refractivity contribution in [3.05, 3.63) is 72.4 Å². The van der Waals surface area contributed by atoms with Crippen LogP contribution in [0.5, 0.6) is 5.75 Å². The normalized spacial score (nSPS) is 10.8. The number of benzene rings is 1. The molecule has 3 N–H and O–H groups in total. The third kappa shape index (κ3) is 2.98. The average molecular weight is 345 g/mol. The average Bonchev–Trinajstić information content (AvgIpc) is 3.21. The number of aromatic amines is 1. The van der Waals surface area contributed by atoms with E-state index in [4.69, 9.17) is 10.5 Å². The fraction of sp³-hybridized carbons (Fsp3) is 0.0526. The number of pyridine rings is 2. The Morgan fingerprint density at radius 1 is 1.12 bits per heavy atom. The molecule has 0 spiro atoms. The van der Waals surface area contributed by atoms with Crippen LogP contribution in [0.25, 0.3) is 22.0 Å². The topological polar surface area (TPSA) is 107 Å².